The van der Waals surface area contributed by atoms with Gasteiger partial charge in [-0.25, -0.2) is 9.37 Å². The van der Waals surface area contributed by atoms with Crippen LogP contribution in [0.4, 0.5) is 10.2 Å². The molecule has 0 aliphatic rings. The Labute approximate surface area is 190 Å². The van der Waals surface area contributed by atoms with E-state index in [2.05, 4.69) is 15.0 Å². The SMILES string of the molecule is CC[C@H](N)COc1cncc(-c2cc3c(cnc4cc(OCCF)c(OC)cc43)c(N)n2)c1. The quantitative estimate of drug-likeness (QED) is 0.368. The number of fused-ring (bicyclic) bond motifs is 3. The molecule has 0 radical (unpaired) electrons. The Bertz CT molecular complexity index is 1280. The van der Waals surface area contributed by atoms with E-state index < -0.39 is 6.67 Å². The number of ether oxygens (including phenoxy) is 3. The van der Waals surface area contributed by atoms with Gasteiger partial charge in [0.15, 0.2) is 11.5 Å². The minimum Gasteiger partial charge on any atom is -0.493 e. The third kappa shape index (κ3) is 4.73. The number of benzene rings is 1. The van der Waals surface area contributed by atoms with Gasteiger partial charge < -0.3 is 25.7 Å². The van der Waals surface area contributed by atoms with Crippen LogP contribution in [0.5, 0.6) is 17.2 Å². The lowest BCUT2D eigenvalue weighted by atomic mass is 10.0. The summed E-state index contributed by atoms with van der Waals surface area (Å²) in [4.78, 5) is 13.3. The summed E-state index contributed by atoms with van der Waals surface area (Å²) in [6.07, 6.45) is 5.83. The number of aromatic nitrogens is 3. The van der Waals surface area contributed by atoms with Crippen molar-refractivity contribution in [2.45, 2.75) is 19.4 Å². The summed E-state index contributed by atoms with van der Waals surface area (Å²) in [7, 11) is 1.53. The van der Waals surface area contributed by atoms with E-state index in [0.29, 0.717) is 46.3 Å². The lowest BCUT2D eigenvalue weighted by molar-refractivity contribution is 0.260. The Morgan fingerprint density at radius 2 is 1.85 bits per heavy atom. The van der Waals surface area contributed by atoms with Crippen LogP contribution >= 0.6 is 0 Å². The van der Waals surface area contributed by atoms with Crippen molar-refractivity contribution in [1.29, 1.82) is 0 Å². The van der Waals surface area contributed by atoms with E-state index in [1.54, 1.807) is 24.7 Å². The summed E-state index contributed by atoms with van der Waals surface area (Å²) in [5.41, 5.74) is 14.3. The molecule has 0 spiro atoms. The molecule has 0 fully saturated rings. The van der Waals surface area contributed by atoms with Crippen molar-refractivity contribution in [3.05, 3.63) is 42.9 Å². The first-order valence-electron chi connectivity index (χ1n) is 10.6. The van der Waals surface area contributed by atoms with Crippen LogP contribution in [-0.4, -0.2) is 48.0 Å². The maximum absolute atomic E-state index is 12.6. The minimum absolute atomic E-state index is 0.0456. The summed E-state index contributed by atoms with van der Waals surface area (Å²) < 4.78 is 29.3. The summed E-state index contributed by atoms with van der Waals surface area (Å²) in [6, 6.07) is 7.28. The highest BCUT2D eigenvalue weighted by Gasteiger charge is 2.14. The summed E-state index contributed by atoms with van der Waals surface area (Å²) in [5, 5.41) is 2.36. The van der Waals surface area contributed by atoms with Gasteiger partial charge in [0, 0.05) is 40.8 Å². The molecular weight excluding hydrogens is 425 g/mol. The van der Waals surface area contributed by atoms with Crippen molar-refractivity contribution < 1.29 is 18.6 Å². The zero-order valence-corrected chi connectivity index (χ0v) is 18.5. The second kappa shape index (κ2) is 9.83. The topological polar surface area (TPSA) is 118 Å². The smallest absolute Gasteiger partial charge is 0.163 e. The number of pyridine rings is 3. The van der Waals surface area contributed by atoms with E-state index in [-0.39, 0.29) is 12.6 Å². The predicted molar refractivity (Wildman–Crippen MR) is 126 cm³/mol. The van der Waals surface area contributed by atoms with Crippen LogP contribution in [0.1, 0.15) is 13.3 Å². The number of nitrogen functional groups attached to an aromatic ring is 1. The van der Waals surface area contributed by atoms with Crippen molar-refractivity contribution >= 4 is 27.5 Å². The number of alkyl halides is 1. The maximum atomic E-state index is 12.6. The van der Waals surface area contributed by atoms with Gasteiger partial charge in [-0.3, -0.25) is 9.97 Å². The van der Waals surface area contributed by atoms with Crippen molar-refractivity contribution in [1.82, 2.24) is 15.0 Å². The molecule has 1 atom stereocenters. The van der Waals surface area contributed by atoms with Crippen LogP contribution in [0.25, 0.3) is 32.9 Å². The molecule has 0 aliphatic carbocycles. The van der Waals surface area contributed by atoms with Crippen LogP contribution in [0, 0.1) is 0 Å². The molecule has 0 aliphatic heterocycles. The molecular formula is C24H26FN5O3. The van der Waals surface area contributed by atoms with Gasteiger partial charge in [0.05, 0.1) is 24.5 Å². The van der Waals surface area contributed by atoms with Crippen molar-refractivity contribution in [2.75, 3.05) is 32.7 Å². The highest BCUT2D eigenvalue weighted by molar-refractivity contribution is 6.10. The first-order chi connectivity index (χ1) is 16.0. The molecule has 0 amide bonds. The molecule has 33 heavy (non-hydrogen) atoms. The Balaban J connectivity index is 1.80. The fourth-order valence-electron chi connectivity index (χ4n) is 3.47. The monoisotopic (exact) mass is 451 g/mol. The molecule has 4 aromatic rings. The minimum atomic E-state index is -0.598. The molecule has 3 heterocycles. The number of rotatable bonds is 9. The van der Waals surface area contributed by atoms with Gasteiger partial charge in [0.25, 0.3) is 0 Å². The van der Waals surface area contributed by atoms with E-state index >= 15 is 0 Å². The average Bonchev–Trinajstić information content (AvgIpc) is 2.85. The van der Waals surface area contributed by atoms with Crippen LogP contribution in [0.15, 0.2) is 42.9 Å². The number of methoxy groups -OCH3 is 1. The Hall–Kier alpha value is -3.72. The van der Waals surface area contributed by atoms with Gasteiger partial charge in [-0.2, -0.15) is 0 Å². The standard InChI is InChI=1S/C24H26FN5O3/c1-3-15(26)13-33-16-6-14(10-28-11-16)20-7-17-18-8-22(31-2)23(32-5-4-25)9-21(18)29-12-19(17)24(27)30-20/h6-12,15H,3-5,13,26H2,1-2H3,(H2,27,30)/t15-/m0/s1. The molecule has 3 aromatic heterocycles. The molecule has 0 bridgehead atoms. The molecule has 0 unspecified atom stereocenters. The van der Waals surface area contributed by atoms with Gasteiger partial charge in [0.1, 0.15) is 31.5 Å². The molecule has 1 aromatic carbocycles. The number of anilines is 1. The number of hydrogen-bond donors (Lipinski definition) is 2. The maximum Gasteiger partial charge on any atom is 0.163 e. The van der Waals surface area contributed by atoms with E-state index in [9.17, 15) is 4.39 Å². The van der Waals surface area contributed by atoms with Gasteiger partial charge in [-0.05, 0) is 30.0 Å². The molecule has 0 saturated carbocycles. The lowest BCUT2D eigenvalue weighted by Crippen LogP contribution is -2.26. The number of halogens is 1. The Kier molecular flexibility index (Phi) is 6.69. The molecule has 9 heteroatoms. The fraction of sp³-hybridized carbons (Fsp3) is 0.292. The summed E-state index contributed by atoms with van der Waals surface area (Å²) in [6.45, 7) is 1.75. The van der Waals surface area contributed by atoms with Crippen molar-refractivity contribution in [3.8, 4) is 28.5 Å². The van der Waals surface area contributed by atoms with Crippen LogP contribution in [0.3, 0.4) is 0 Å². The predicted octanol–water partition coefficient (Wildman–Crippen LogP) is 3.90. The molecule has 0 saturated heterocycles. The first kappa shape index (κ1) is 22.5. The number of hydrogen-bond acceptors (Lipinski definition) is 8. The Morgan fingerprint density at radius 1 is 1.00 bits per heavy atom. The van der Waals surface area contributed by atoms with E-state index in [4.69, 9.17) is 25.7 Å². The van der Waals surface area contributed by atoms with Crippen molar-refractivity contribution in [2.24, 2.45) is 5.73 Å². The van der Waals surface area contributed by atoms with Gasteiger partial charge in [-0.1, -0.05) is 6.92 Å². The summed E-state index contributed by atoms with van der Waals surface area (Å²) >= 11 is 0. The zero-order chi connectivity index (χ0) is 23.4. The highest BCUT2D eigenvalue weighted by atomic mass is 19.1. The van der Waals surface area contributed by atoms with E-state index in [1.807, 2.05) is 25.1 Å². The molecule has 4 rings (SSSR count). The first-order valence-corrected chi connectivity index (χ1v) is 10.6. The fourth-order valence-corrected chi connectivity index (χ4v) is 3.47. The van der Waals surface area contributed by atoms with Crippen LogP contribution in [0.2, 0.25) is 0 Å². The van der Waals surface area contributed by atoms with Gasteiger partial charge in [-0.15, -0.1) is 0 Å². The van der Waals surface area contributed by atoms with E-state index in [0.717, 1.165) is 22.8 Å². The van der Waals surface area contributed by atoms with Crippen LogP contribution < -0.4 is 25.7 Å². The zero-order valence-electron chi connectivity index (χ0n) is 18.5. The van der Waals surface area contributed by atoms with Gasteiger partial charge in [0.2, 0.25) is 0 Å². The second-order valence-electron chi connectivity index (χ2n) is 7.56. The van der Waals surface area contributed by atoms with Gasteiger partial charge >= 0.3 is 0 Å². The summed E-state index contributed by atoms with van der Waals surface area (Å²) in [5.74, 6) is 1.85. The third-order valence-electron chi connectivity index (χ3n) is 5.33. The number of nitrogens with two attached hydrogens (primary N) is 2. The largest absolute Gasteiger partial charge is 0.493 e. The molecule has 8 nitrogen and oxygen atoms in total. The Morgan fingerprint density at radius 3 is 2.61 bits per heavy atom. The normalized spacial score (nSPS) is 12.1. The van der Waals surface area contributed by atoms with Crippen LogP contribution in [-0.2, 0) is 0 Å². The van der Waals surface area contributed by atoms with E-state index in [1.165, 1.54) is 7.11 Å². The average molecular weight is 452 g/mol. The second-order valence-corrected chi connectivity index (χ2v) is 7.56. The van der Waals surface area contributed by atoms with Crippen molar-refractivity contribution in [3.63, 3.8) is 0 Å². The molecule has 4 N–H and O–H groups in total. The lowest BCUT2D eigenvalue weighted by Gasteiger charge is -2.14. The third-order valence-corrected chi connectivity index (χ3v) is 5.33. The molecule has 172 valence electrons. The number of nitrogens with zero attached hydrogens (tertiary/aromatic N) is 3. The highest BCUT2D eigenvalue weighted by Crippen LogP contribution is 2.37.